The second-order valence-electron chi connectivity index (χ2n) is 8.30. The Hall–Kier alpha value is -3.36. The zero-order valence-corrected chi connectivity index (χ0v) is 21.1. The summed E-state index contributed by atoms with van der Waals surface area (Å²) in [6.07, 6.45) is 2.59. The third-order valence-electron chi connectivity index (χ3n) is 5.96. The Labute approximate surface area is 210 Å². The molecule has 0 unspecified atom stereocenters. The smallest absolute Gasteiger partial charge is 0.260 e. The van der Waals surface area contributed by atoms with Crippen LogP contribution in [-0.2, 0) is 17.8 Å². The first-order chi connectivity index (χ1) is 17.1. The summed E-state index contributed by atoms with van der Waals surface area (Å²) < 4.78 is 16.4. The van der Waals surface area contributed by atoms with Gasteiger partial charge in [0.2, 0.25) is 0 Å². The first-order valence-electron chi connectivity index (χ1n) is 11.6. The Balaban J connectivity index is 1.25. The number of aromatic nitrogens is 1. The van der Waals surface area contributed by atoms with Gasteiger partial charge in [-0.1, -0.05) is 12.1 Å². The number of nitrogens with zero attached hydrogens (tertiary/aromatic N) is 3. The molecular formula is C27H31N3O4S. The summed E-state index contributed by atoms with van der Waals surface area (Å²) >= 11 is 1.65. The van der Waals surface area contributed by atoms with Crippen molar-refractivity contribution < 1.29 is 19.0 Å². The molecule has 1 aliphatic heterocycles. The van der Waals surface area contributed by atoms with Crippen LogP contribution in [0.2, 0.25) is 0 Å². The van der Waals surface area contributed by atoms with Gasteiger partial charge in [-0.05, 0) is 48.4 Å². The maximum absolute atomic E-state index is 12.7. The van der Waals surface area contributed by atoms with E-state index in [1.54, 1.807) is 25.6 Å². The second kappa shape index (κ2) is 11.9. The van der Waals surface area contributed by atoms with Crippen LogP contribution in [-0.4, -0.2) is 67.7 Å². The van der Waals surface area contributed by atoms with Crippen molar-refractivity contribution in [2.24, 2.45) is 0 Å². The molecule has 7 nitrogen and oxygen atoms in total. The first-order valence-corrected chi connectivity index (χ1v) is 12.5. The zero-order valence-electron chi connectivity index (χ0n) is 20.2. The Kier molecular flexibility index (Phi) is 8.39. The number of hydrogen-bond acceptors (Lipinski definition) is 7. The van der Waals surface area contributed by atoms with Crippen molar-refractivity contribution in [3.63, 3.8) is 0 Å². The van der Waals surface area contributed by atoms with E-state index >= 15 is 0 Å². The van der Waals surface area contributed by atoms with Crippen molar-refractivity contribution in [2.45, 2.75) is 13.0 Å². The molecule has 0 bridgehead atoms. The zero-order chi connectivity index (χ0) is 24.6. The van der Waals surface area contributed by atoms with Gasteiger partial charge in [-0.25, -0.2) is 4.98 Å². The lowest BCUT2D eigenvalue weighted by atomic mass is 10.1. The molecule has 0 spiro atoms. The molecule has 1 fully saturated rings. The monoisotopic (exact) mass is 493 g/mol. The van der Waals surface area contributed by atoms with Crippen LogP contribution in [0.5, 0.6) is 17.2 Å². The average Bonchev–Trinajstić information content (AvgIpc) is 3.36. The van der Waals surface area contributed by atoms with Crippen LogP contribution in [0.4, 0.5) is 0 Å². The van der Waals surface area contributed by atoms with Crippen molar-refractivity contribution in [2.75, 3.05) is 47.0 Å². The fourth-order valence-electron chi connectivity index (χ4n) is 3.99. The number of allylic oxidation sites excluding steroid dienone is 1. The van der Waals surface area contributed by atoms with Crippen LogP contribution < -0.4 is 14.2 Å². The number of benzene rings is 2. The van der Waals surface area contributed by atoms with Crippen LogP contribution in [0.15, 0.2) is 60.5 Å². The van der Waals surface area contributed by atoms with Gasteiger partial charge in [0, 0.05) is 43.7 Å². The quantitative estimate of drug-likeness (QED) is 0.393. The van der Waals surface area contributed by atoms with Crippen LogP contribution in [0.3, 0.4) is 0 Å². The highest BCUT2D eigenvalue weighted by Gasteiger charge is 2.22. The van der Waals surface area contributed by atoms with E-state index in [9.17, 15) is 4.79 Å². The predicted octanol–water partition coefficient (Wildman–Crippen LogP) is 4.28. The predicted molar refractivity (Wildman–Crippen MR) is 138 cm³/mol. The number of rotatable bonds is 10. The molecule has 2 heterocycles. The Bertz CT molecular complexity index is 1140. The third kappa shape index (κ3) is 6.41. The van der Waals surface area contributed by atoms with E-state index in [-0.39, 0.29) is 12.5 Å². The van der Waals surface area contributed by atoms with Crippen molar-refractivity contribution in [1.82, 2.24) is 14.8 Å². The number of ether oxygens (including phenoxy) is 3. The molecule has 1 aromatic heterocycles. The van der Waals surface area contributed by atoms with Crippen LogP contribution in [0.25, 0.3) is 10.6 Å². The van der Waals surface area contributed by atoms with Crippen LogP contribution >= 0.6 is 11.3 Å². The minimum atomic E-state index is -0.0164. The minimum absolute atomic E-state index is 0.00548. The van der Waals surface area contributed by atoms with E-state index in [1.165, 1.54) is 0 Å². The summed E-state index contributed by atoms with van der Waals surface area (Å²) in [5, 5.41) is 3.11. The van der Waals surface area contributed by atoms with E-state index in [0.717, 1.165) is 53.6 Å². The van der Waals surface area contributed by atoms with Crippen molar-refractivity contribution in [3.8, 4) is 27.8 Å². The van der Waals surface area contributed by atoms with Gasteiger partial charge >= 0.3 is 0 Å². The van der Waals surface area contributed by atoms with Gasteiger partial charge in [0.1, 0.15) is 10.8 Å². The summed E-state index contributed by atoms with van der Waals surface area (Å²) in [6, 6.07) is 13.7. The minimum Gasteiger partial charge on any atom is -0.497 e. The first kappa shape index (κ1) is 24.8. The second-order valence-corrected chi connectivity index (χ2v) is 9.15. The lowest BCUT2D eigenvalue weighted by Gasteiger charge is -2.34. The molecule has 4 rings (SSSR count). The van der Waals surface area contributed by atoms with E-state index in [2.05, 4.69) is 16.9 Å². The van der Waals surface area contributed by atoms with Gasteiger partial charge in [-0.15, -0.1) is 17.9 Å². The fourth-order valence-corrected chi connectivity index (χ4v) is 4.80. The summed E-state index contributed by atoms with van der Waals surface area (Å²) in [5.41, 5.74) is 3.23. The average molecular weight is 494 g/mol. The molecule has 0 saturated carbocycles. The van der Waals surface area contributed by atoms with Gasteiger partial charge in [-0.2, -0.15) is 0 Å². The molecule has 2 aromatic carbocycles. The molecule has 0 atom stereocenters. The number of carbonyl (C=O) groups excluding carboxylic acids is 1. The highest BCUT2D eigenvalue weighted by molar-refractivity contribution is 7.13. The summed E-state index contributed by atoms with van der Waals surface area (Å²) in [6.45, 7) is 7.49. The summed E-state index contributed by atoms with van der Waals surface area (Å²) in [5.74, 6) is 2.02. The summed E-state index contributed by atoms with van der Waals surface area (Å²) in [7, 11) is 3.26. The maximum atomic E-state index is 12.7. The van der Waals surface area contributed by atoms with Crippen LogP contribution in [0.1, 0.15) is 11.3 Å². The molecule has 1 aliphatic rings. The molecule has 0 radical (unpaired) electrons. The Morgan fingerprint density at radius 3 is 2.51 bits per heavy atom. The van der Waals surface area contributed by atoms with Crippen molar-refractivity contribution in [1.29, 1.82) is 0 Å². The highest BCUT2D eigenvalue weighted by atomic mass is 32.1. The standard InChI is InChI=1S/C27H31N3O4S/c1-4-5-20-6-11-24(25(16-20)33-3)34-18-26(31)30-14-12-29(13-15-30)17-22-19-35-27(28-22)21-7-9-23(32-2)10-8-21/h4,6-11,16,19H,1,5,12-15,17-18H2,2-3H3. The SMILES string of the molecule is C=CCc1ccc(OCC(=O)N2CCN(Cc3csc(-c4ccc(OC)cc4)n3)CC2)c(OC)c1. The van der Waals surface area contributed by atoms with Gasteiger partial charge in [0.15, 0.2) is 18.1 Å². The van der Waals surface area contributed by atoms with Gasteiger partial charge in [-0.3, -0.25) is 9.69 Å². The number of piperazine rings is 1. The number of hydrogen-bond donors (Lipinski definition) is 0. The van der Waals surface area contributed by atoms with E-state index in [0.29, 0.717) is 24.6 Å². The number of amides is 1. The topological polar surface area (TPSA) is 64.1 Å². The van der Waals surface area contributed by atoms with E-state index in [1.807, 2.05) is 53.4 Å². The molecule has 8 heteroatoms. The normalized spacial score (nSPS) is 13.9. The third-order valence-corrected chi connectivity index (χ3v) is 6.90. The molecule has 0 N–H and O–H groups in total. The summed E-state index contributed by atoms with van der Waals surface area (Å²) in [4.78, 5) is 21.7. The van der Waals surface area contributed by atoms with Crippen LogP contribution in [0, 0.1) is 0 Å². The van der Waals surface area contributed by atoms with E-state index in [4.69, 9.17) is 19.2 Å². The lowest BCUT2D eigenvalue weighted by molar-refractivity contribution is -0.135. The lowest BCUT2D eigenvalue weighted by Crippen LogP contribution is -2.49. The maximum Gasteiger partial charge on any atom is 0.260 e. The molecule has 1 amide bonds. The van der Waals surface area contributed by atoms with E-state index < -0.39 is 0 Å². The van der Waals surface area contributed by atoms with Gasteiger partial charge in [0.25, 0.3) is 5.91 Å². The fraction of sp³-hybridized carbons (Fsp3) is 0.333. The highest BCUT2D eigenvalue weighted by Crippen LogP contribution is 2.29. The van der Waals surface area contributed by atoms with Crippen molar-refractivity contribution >= 4 is 17.2 Å². The number of carbonyl (C=O) groups is 1. The number of methoxy groups -OCH3 is 2. The van der Waals surface area contributed by atoms with Gasteiger partial charge in [0.05, 0.1) is 19.9 Å². The molecule has 3 aromatic rings. The molecule has 1 saturated heterocycles. The molecule has 184 valence electrons. The van der Waals surface area contributed by atoms with Gasteiger partial charge < -0.3 is 19.1 Å². The Morgan fingerprint density at radius 1 is 1.06 bits per heavy atom. The molecular weight excluding hydrogens is 462 g/mol. The largest absolute Gasteiger partial charge is 0.497 e. The molecule has 0 aliphatic carbocycles. The van der Waals surface area contributed by atoms with Crippen molar-refractivity contribution in [3.05, 3.63) is 71.8 Å². The molecule has 35 heavy (non-hydrogen) atoms. The Morgan fingerprint density at radius 2 is 1.83 bits per heavy atom. The number of thiazole rings is 1.